The molecule has 1 fully saturated rings. The Morgan fingerprint density at radius 2 is 2.06 bits per heavy atom. The predicted octanol–water partition coefficient (Wildman–Crippen LogP) is 2.54. The third kappa shape index (κ3) is 2.33. The van der Waals surface area contributed by atoms with Crippen LogP contribution in [-0.4, -0.2) is 26.0 Å². The highest BCUT2D eigenvalue weighted by molar-refractivity contribution is 9.11. The highest BCUT2D eigenvalue weighted by Crippen LogP contribution is 2.29. The molecule has 2 rings (SSSR count). The van der Waals surface area contributed by atoms with Crippen molar-refractivity contribution in [3.05, 3.63) is 27.1 Å². The van der Waals surface area contributed by atoms with Crippen molar-refractivity contribution in [1.82, 2.24) is 4.47 Å². The van der Waals surface area contributed by atoms with E-state index < -0.39 is 10.0 Å². The Bertz CT molecular complexity index is 497. The van der Waals surface area contributed by atoms with Gasteiger partial charge < -0.3 is 0 Å². The number of sulfonamides is 1. The molecule has 0 unspecified atom stereocenters. The van der Waals surface area contributed by atoms with Gasteiger partial charge in [0.25, 0.3) is 10.0 Å². The summed E-state index contributed by atoms with van der Waals surface area (Å²) in [6.45, 7) is 0.853. The van der Waals surface area contributed by atoms with Gasteiger partial charge in [0, 0.05) is 15.5 Å². The number of hydroxylamine groups is 1. The van der Waals surface area contributed by atoms with E-state index in [1.165, 1.54) is 0 Å². The molecule has 0 spiro atoms. The summed E-state index contributed by atoms with van der Waals surface area (Å²) < 4.78 is 26.6. The molecular formula is C9H9Br2NO3S. The van der Waals surface area contributed by atoms with Crippen LogP contribution in [0.5, 0.6) is 0 Å². The van der Waals surface area contributed by atoms with E-state index in [-0.39, 0.29) is 4.90 Å². The lowest BCUT2D eigenvalue weighted by Gasteiger charge is -2.15. The summed E-state index contributed by atoms with van der Waals surface area (Å²) in [5.41, 5.74) is 0. The van der Waals surface area contributed by atoms with Gasteiger partial charge in [-0.15, -0.1) is 0 Å². The average Bonchev–Trinajstić information content (AvgIpc) is 2.75. The first-order valence-corrected chi connectivity index (χ1v) is 7.65. The third-order valence-corrected chi connectivity index (χ3v) is 5.32. The van der Waals surface area contributed by atoms with E-state index in [9.17, 15) is 8.42 Å². The van der Waals surface area contributed by atoms with Gasteiger partial charge in [-0.3, -0.25) is 4.84 Å². The first-order chi connectivity index (χ1) is 7.51. The second-order valence-corrected chi connectivity index (χ2v) is 6.86. The zero-order valence-electron chi connectivity index (χ0n) is 8.19. The Kier molecular flexibility index (Phi) is 3.70. The van der Waals surface area contributed by atoms with Gasteiger partial charge >= 0.3 is 0 Å². The maximum Gasteiger partial charge on any atom is 0.266 e. The normalized spacial score (nSPS) is 17.9. The van der Waals surface area contributed by atoms with E-state index in [0.717, 1.165) is 10.9 Å². The largest absolute Gasteiger partial charge is 0.284 e. The van der Waals surface area contributed by atoms with Gasteiger partial charge in [-0.2, -0.15) is 0 Å². The fraction of sp³-hybridized carbons (Fsp3) is 0.333. The topological polar surface area (TPSA) is 46.6 Å². The molecule has 88 valence electrons. The van der Waals surface area contributed by atoms with Gasteiger partial charge in [0.2, 0.25) is 0 Å². The number of nitrogens with zero attached hydrogens (tertiary/aromatic N) is 1. The molecule has 0 N–H and O–H groups in total. The molecule has 1 aliphatic heterocycles. The van der Waals surface area contributed by atoms with Crippen LogP contribution in [0.1, 0.15) is 6.42 Å². The SMILES string of the molecule is O=S(=O)(c1cc(Br)ccc1Br)N1CCCO1. The van der Waals surface area contributed by atoms with Gasteiger partial charge in [-0.25, -0.2) is 8.42 Å². The summed E-state index contributed by atoms with van der Waals surface area (Å²) in [5.74, 6) is 0. The van der Waals surface area contributed by atoms with Crippen LogP contribution in [0, 0.1) is 0 Å². The Morgan fingerprint density at radius 3 is 2.69 bits per heavy atom. The molecule has 0 aromatic heterocycles. The van der Waals surface area contributed by atoms with Crippen LogP contribution in [0.25, 0.3) is 0 Å². The number of hydrogen-bond acceptors (Lipinski definition) is 3. The molecule has 1 heterocycles. The molecular weight excluding hydrogens is 362 g/mol. The molecule has 0 saturated carbocycles. The van der Waals surface area contributed by atoms with Crippen molar-refractivity contribution in [3.63, 3.8) is 0 Å². The first kappa shape index (κ1) is 12.5. The Morgan fingerprint density at radius 1 is 1.31 bits per heavy atom. The van der Waals surface area contributed by atoms with Crippen LogP contribution >= 0.6 is 31.9 Å². The average molecular weight is 371 g/mol. The molecule has 0 aliphatic carbocycles. The summed E-state index contributed by atoms with van der Waals surface area (Å²) >= 11 is 6.48. The standard InChI is InChI=1S/C9H9Br2NO3S/c10-7-2-3-8(11)9(6-7)16(13,14)12-4-1-5-15-12/h2-3,6H,1,4-5H2. The minimum absolute atomic E-state index is 0.212. The maximum atomic E-state index is 12.2. The van der Waals surface area contributed by atoms with E-state index in [1.807, 2.05) is 0 Å². The molecule has 7 heteroatoms. The Hall–Kier alpha value is 0.0500. The van der Waals surface area contributed by atoms with Crippen LogP contribution in [0.4, 0.5) is 0 Å². The summed E-state index contributed by atoms with van der Waals surface area (Å²) in [7, 11) is -3.56. The van der Waals surface area contributed by atoms with Crippen LogP contribution in [-0.2, 0) is 14.9 Å². The van der Waals surface area contributed by atoms with Crippen LogP contribution in [0.3, 0.4) is 0 Å². The Labute approximate surface area is 111 Å². The van der Waals surface area contributed by atoms with Crippen molar-refractivity contribution >= 4 is 41.9 Å². The van der Waals surface area contributed by atoms with Crippen molar-refractivity contribution in [2.24, 2.45) is 0 Å². The molecule has 16 heavy (non-hydrogen) atoms. The van der Waals surface area contributed by atoms with Crippen LogP contribution in [0.15, 0.2) is 32.0 Å². The molecule has 0 radical (unpaired) electrons. The van der Waals surface area contributed by atoms with Gasteiger partial charge in [0.15, 0.2) is 0 Å². The zero-order chi connectivity index (χ0) is 11.8. The van der Waals surface area contributed by atoms with E-state index in [4.69, 9.17) is 4.84 Å². The van der Waals surface area contributed by atoms with E-state index >= 15 is 0 Å². The van der Waals surface area contributed by atoms with E-state index in [1.54, 1.807) is 18.2 Å². The maximum absolute atomic E-state index is 12.2. The Balaban J connectivity index is 2.46. The fourth-order valence-corrected chi connectivity index (χ4v) is 4.16. The van der Waals surface area contributed by atoms with Gasteiger partial charge in [0.05, 0.1) is 11.5 Å². The molecule has 0 atom stereocenters. The van der Waals surface area contributed by atoms with Crippen molar-refractivity contribution in [2.45, 2.75) is 11.3 Å². The lowest BCUT2D eigenvalue weighted by Crippen LogP contribution is -2.27. The molecule has 1 saturated heterocycles. The zero-order valence-corrected chi connectivity index (χ0v) is 12.2. The number of benzene rings is 1. The van der Waals surface area contributed by atoms with E-state index in [2.05, 4.69) is 31.9 Å². The van der Waals surface area contributed by atoms with Crippen molar-refractivity contribution in [1.29, 1.82) is 0 Å². The van der Waals surface area contributed by atoms with Gasteiger partial charge in [-0.1, -0.05) is 20.4 Å². The molecule has 4 nitrogen and oxygen atoms in total. The third-order valence-electron chi connectivity index (χ3n) is 2.16. The van der Waals surface area contributed by atoms with Gasteiger partial charge in [-0.05, 0) is 40.5 Å². The van der Waals surface area contributed by atoms with Crippen LogP contribution < -0.4 is 0 Å². The van der Waals surface area contributed by atoms with Crippen molar-refractivity contribution in [3.8, 4) is 0 Å². The summed E-state index contributed by atoms with van der Waals surface area (Å²) in [6.07, 6.45) is 0.727. The molecule has 1 aromatic carbocycles. The van der Waals surface area contributed by atoms with Crippen molar-refractivity contribution < 1.29 is 13.3 Å². The minimum atomic E-state index is -3.56. The summed E-state index contributed by atoms with van der Waals surface area (Å²) in [5, 5.41) is 0. The van der Waals surface area contributed by atoms with E-state index in [0.29, 0.717) is 22.1 Å². The van der Waals surface area contributed by atoms with Crippen molar-refractivity contribution in [2.75, 3.05) is 13.2 Å². The second kappa shape index (κ2) is 4.73. The second-order valence-electron chi connectivity index (χ2n) is 3.29. The highest BCUT2D eigenvalue weighted by atomic mass is 79.9. The summed E-state index contributed by atoms with van der Waals surface area (Å²) in [4.78, 5) is 5.29. The first-order valence-electron chi connectivity index (χ1n) is 4.62. The quantitative estimate of drug-likeness (QED) is 0.803. The molecule has 0 bridgehead atoms. The monoisotopic (exact) mass is 369 g/mol. The van der Waals surface area contributed by atoms with Crippen LogP contribution in [0.2, 0.25) is 0 Å². The summed E-state index contributed by atoms with van der Waals surface area (Å²) in [6, 6.07) is 5.02. The minimum Gasteiger partial charge on any atom is -0.284 e. The smallest absolute Gasteiger partial charge is 0.266 e. The number of hydrogen-bond donors (Lipinski definition) is 0. The lowest BCUT2D eigenvalue weighted by atomic mass is 10.4. The lowest BCUT2D eigenvalue weighted by molar-refractivity contribution is -0.0285. The molecule has 0 amide bonds. The highest BCUT2D eigenvalue weighted by Gasteiger charge is 2.30. The van der Waals surface area contributed by atoms with Gasteiger partial charge in [0.1, 0.15) is 0 Å². The number of rotatable bonds is 2. The predicted molar refractivity (Wildman–Crippen MR) is 66.3 cm³/mol. The number of halogens is 2. The molecule has 1 aliphatic rings. The molecule has 1 aromatic rings. The fourth-order valence-electron chi connectivity index (χ4n) is 1.40.